The Labute approximate surface area is 167 Å². The highest BCUT2D eigenvalue weighted by Crippen LogP contribution is 2.19. The molecule has 1 aromatic heterocycles. The quantitative estimate of drug-likeness (QED) is 0.757. The van der Waals surface area contributed by atoms with Crippen LogP contribution >= 0.6 is 0 Å². The number of amides is 1. The normalized spacial score (nSPS) is 18.8. The Morgan fingerprint density at radius 1 is 1.11 bits per heavy atom. The van der Waals surface area contributed by atoms with E-state index >= 15 is 0 Å². The van der Waals surface area contributed by atoms with Gasteiger partial charge in [-0.3, -0.25) is 4.90 Å². The molecule has 0 bridgehead atoms. The second kappa shape index (κ2) is 9.43. The molecule has 1 aromatic rings. The Bertz CT molecular complexity index is 635. The summed E-state index contributed by atoms with van der Waals surface area (Å²) in [4.78, 5) is 23.1. The molecule has 8 heteroatoms. The Morgan fingerprint density at radius 2 is 1.82 bits per heavy atom. The lowest BCUT2D eigenvalue weighted by molar-refractivity contribution is 0.0240. The van der Waals surface area contributed by atoms with Gasteiger partial charge in [-0.15, -0.1) is 0 Å². The number of carbonyl (C=O) groups excluding carboxylic acids is 1. The van der Waals surface area contributed by atoms with Crippen molar-refractivity contribution in [2.24, 2.45) is 0 Å². The molecule has 3 rings (SSSR count). The van der Waals surface area contributed by atoms with Crippen LogP contribution in [0.15, 0.2) is 18.2 Å². The van der Waals surface area contributed by atoms with Crippen LogP contribution in [0.1, 0.15) is 20.8 Å². The molecule has 0 saturated carbocycles. The van der Waals surface area contributed by atoms with Crippen LogP contribution < -0.4 is 9.64 Å². The molecule has 0 spiro atoms. The number of pyridine rings is 1. The monoisotopic (exact) mass is 392 g/mol. The number of carbonyl (C=O) groups is 1. The van der Waals surface area contributed by atoms with E-state index in [1.54, 1.807) is 4.90 Å². The molecule has 2 aliphatic heterocycles. The van der Waals surface area contributed by atoms with Gasteiger partial charge < -0.3 is 24.0 Å². The van der Waals surface area contributed by atoms with Crippen LogP contribution in [0.4, 0.5) is 10.6 Å². The van der Waals surface area contributed by atoms with Crippen LogP contribution in [0, 0.1) is 0 Å². The van der Waals surface area contributed by atoms with Crippen molar-refractivity contribution >= 4 is 11.9 Å². The van der Waals surface area contributed by atoms with E-state index in [0.717, 1.165) is 51.8 Å². The third kappa shape index (κ3) is 6.24. The van der Waals surface area contributed by atoms with Crippen LogP contribution in [0.5, 0.6) is 5.88 Å². The summed E-state index contributed by atoms with van der Waals surface area (Å²) in [5.74, 6) is 1.52. The molecule has 8 nitrogen and oxygen atoms in total. The number of anilines is 1. The van der Waals surface area contributed by atoms with Gasteiger partial charge in [0.05, 0.1) is 13.2 Å². The molecule has 156 valence electrons. The first-order chi connectivity index (χ1) is 13.4. The van der Waals surface area contributed by atoms with Crippen molar-refractivity contribution in [2.45, 2.75) is 26.4 Å². The number of rotatable bonds is 5. The highest BCUT2D eigenvalue weighted by atomic mass is 16.6. The average Bonchev–Trinajstić information content (AvgIpc) is 2.68. The van der Waals surface area contributed by atoms with Crippen LogP contribution in [0.3, 0.4) is 0 Å². The zero-order chi connectivity index (χ0) is 20.0. The summed E-state index contributed by atoms with van der Waals surface area (Å²) in [6.07, 6.45) is -0.250. The smallest absolute Gasteiger partial charge is 0.410 e. The minimum Gasteiger partial charge on any atom is -0.476 e. The predicted octanol–water partition coefficient (Wildman–Crippen LogP) is 1.85. The van der Waals surface area contributed by atoms with Crippen molar-refractivity contribution in [3.05, 3.63) is 18.2 Å². The molecule has 1 amide bonds. The summed E-state index contributed by atoms with van der Waals surface area (Å²) in [5.41, 5.74) is -0.470. The van der Waals surface area contributed by atoms with E-state index in [0.29, 0.717) is 25.6 Å². The van der Waals surface area contributed by atoms with Crippen LogP contribution in [0.25, 0.3) is 0 Å². The number of nitrogens with zero attached hydrogens (tertiary/aromatic N) is 4. The van der Waals surface area contributed by atoms with Crippen LogP contribution in [-0.2, 0) is 9.47 Å². The van der Waals surface area contributed by atoms with E-state index in [-0.39, 0.29) is 6.09 Å². The van der Waals surface area contributed by atoms with E-state index in [1.165, 1.54) is 0 Å². The Balaban J connectivity index is 1.46. The minimum atomic E-state index is -0.470. The number of piperazine rings is 1. The van der Waals surface area contributed by atoms with Crippen molar-refractivity contribution in [3.8, 4) is 5.88 Å². The predicted molar refractivity (Wildman–Crippen MR) is 107 cm³/mol. The fourth-order valence-corrected chi connectivity index (χ4v) is 3.21. The molecule has 3 heterocycles. The molecule has 2 aliphatic rings. The maximum atomic E-state index is 12.2. The second-order valence-electron chi connectivity index (χ2n) is 8.09. The zero-order valence-electron chi connectivity index (χ0n) is 17.2. The molecule has 0 radical (unpaired) electrons. The van der Waals surface area contributed by atoms with Gasteiger partial charge in [0.2, 0.25) is 5.88 Å². The Hall–Kier alpha value is -2.06. The number of morpholine rings is 1. The van der Waals surface area contributed by atoms with Crippen molar-refractivity contribution < 1.29 is 19.0 Å². The van der Waals surface area contributed by atoms with Crippen molar-refractivity contribution in [1.82, 2.24) is 14.8 Å². The van der Waals surface area contributed by atoms with Crippen LogP contribution in [-0.4, -0.2) is 92.1 Å². The summed E-state index contributed by atoms with van der Waals surface area (Å²) in [6.45, 7) is 13.3. The van der Waals surface area contributed by atoms with Gasteiger partial charge in [0.1, 0.15) is 18.0 Å². The van der Waals surface area contributed by atoms with Gasteiger partial charge in [-0.25, -0.2) is 4.79 Å². The van der Waals surface area contributed by atoms with E-state index in [1.807, 2.05) is 39.0 Å². The number of hydrogen-bond donors (Lipinski definition) is 0. The van der Waals surface area contributed by atoms with Crippen molar-refractivity contribution in [3.63, 3.8) is 0 Å². The van der Waals surface area contributed by atoms with E-state index in [4.69, 9.17) is 14.2 Å². The second-order valence-corrected chi connectivity index (χ2v) is 8.09. The van der Waals surface area contributed by atoms with Crippen molar-refractivity contribution in [1.29, 1.82) is 0 Å². The number of aromatic nitrogens is 1. The maximum Gasteiger partial charge on any atom is 0.410 e. The lowest BCUT2D eigenvalue weighted by atomic mass is 10.2. The Kier molecular flexibility index (Phi) is 6.96. The molecule has 0 N–H and O–H groups in total. The van der Waals surface area contributed by atoms with Gasteiger partial charge in [-0.05, 0) is 26.8 Å². The van der Waals surface area contributed by atoms with E-state index in [2.05, 4.69) is 14.8 Å². The third-order valence-electron chi connectivity index (χ3n) is 4.73. The molecule has 2 saturated heterocycles. The number of hydrogen-bond acceptors (Lipinski definition) is 7. The first-order valence-electron chi connectivity index (χ1n) is 10.0. The number of ether oxygens (including phenoxy) is 3. The van der Waals surface area contributed by atoms with Gasteiger partial charge in [-0.2, -0.15) is 4.98 Å². The molecule has 2 fully saturated rings. The summed E-state index contributed by atoms with van der Waals surface area (Å²) in [7, 11) is 0. The van der Waals surface area contributed by atoms with Gasteiger partial charge in [0, 0.05) is 51.9 Å². The fourth-order valence-electron chi connectivity index (χ4n) is 3.21. The zero-order valence-corrected chi connectivity index (χ0v) is 17.2. The molecule has 28 heavy (non-hydrogen) atoms. The van der Waals surface area contributed by atoms with E-state index in [9.17, 15) is 4.79 Å². The molecule has 0 unspecified atom stereocenters. The lowest BCUT2D eigenvalue weighted by Crippen LogP contribution is -2.50. The first kappa shape index (κ1) is 20.7. The first-order valence-corrected chi connectivity index (χ1v) is 10.0. The highest BCUT2D eigenvalue weighted by Gasteiger charge is 2.26. The van der Waals surface area contributed by atoms with E-state index < -0.39 is 5.60 Å². The third-order valence-corrected chi connectivity index (χ3v) is 4.73. The maximum absolute atomic E-state index is 12.2. The Morgan fingerprint density at radius 3 is 2.50 bits per heavy atom. The summed E-state index contributed by atoms with van der Waals surface area (Å²) >= 11 is 0. The largest absolute Gasteiger partial charge is 0.476 e. The molecule has 0 atom stereocenters. The SMILES string of the molecule is CC(C)(C)OC(=O)N1CCN(c2cccc(OCCN3CCOCC3)n2)CC1. The average molecular weight is 393 g/mol. The molecule has 0 aliphatic carbocycles. The van der Waals surface area contributed by atoms with Gasteiger partial charge >= 0.3 is 6.09 Å². The lowest BCUT2D eigenvalue weighted by Gasteiger charge is -2.36. The fraction of sp³-hybridized carbons (Fsp3) is 0.700. The molecular weight excluding hydrogens is 360 g/mol. The summed E-state index contributed by atoms with van der Waals surface area (Å²) in [5, 5.41) is 0. The summed E-state index contributed by atoms with van der Waals surface area (Å²) in [6, 6.07) is 5.84. The van der Waals surface area contributed by atoms with Gasteiger partial charge in [0.25, 0.3) is 0 Å². The highest BCUT2D eigenvalue weighted by molar-refractivity contribution is 5.68. The van der Waals surface area contributed by atoms with Crippen molar-refractivity contribution in [2.75, 3.05) is 70.5 Å². The topological polar surface area (TPSA) is 67.4 Å². The van der Waals surface area contributed by atoms with Crippen LogP contribution in [0.2, 0.25) is 0 Å². The molecule has 0 aromatic carbocycles. The van der Waals surface area contributed by atoms with Gasteiger partial charge in [-0.1, -0.05) is 6.07 Å². The minimum absolute atomic E-state index is 0.250. The standard InChI is InChI=1S/C20H32N4O4/c1-20(2,3)28-19(25)24-9-7-23(8-10-24)17-5-4-6-18(21-17)27-16-13-22-11-14-26-15-12-22/h4-6H,7-16H2,1-3H3. The molecular formula is C20H32N4O4. The summed E-state index contributed by atoms with van der Waals surface area (Å²) < 4.78 is 16.7. The van der Waals surface area contributed by atoms with Gasteiger partial charge in [0.15, 0.2) is 0 Å².